The van der Waals surface area contributed by atoms with Crippen molar-refractivity contribution in [3.8, 4) is 0 Å². The van der Waals surface area contributed by atoms with Gasteiger partial charge in [0.2, 0.25) is 0 Å². The van der Waals surface area contributed by atoms with Crippen molar-refractivity contribution in [3.05, 3.63) is 12.3 Å². The Kier molecular flexibility index (Phi) is 3.63. The van der Waals surface area contributed by atoms with Gasteiger partial charge in [-0.05, 0) is 0 Å². The van der Waals surface area contributed by atoms with Crippen molar-refractivity contribution in [1.29, 1.82) is 0 Å². The summed E-state index contributed by atoms with van der Waals surface area (Å²) in [4.78, 5) is 0. The molecule has 98 valence electrons. The zero-order valence-corrected chi connectivity index (χ0v) is 9.85. The normalized spacial score (nSPS) is 32.5. The summed E-state index contributed by atoms with van der Waals surface area (Å²) in [5.41, 5.74) is -0.508. The lowest BCUT2D eigenvalue weighted by molar-refractivity contribution is -0.141. The molecule has 3 aliphatic rings. The third-order valence-electron chi connectivity index (χ3n) is 2.41. The summed E-state index contributed by atoms with van der Waals surface area (Å²) in [5.74, 6) is -0.301. The number of halogens is 3. The van der Waals surface area contributed by atoms with E-state index in [1.165, 1.54) is 0 Å². The molecule has 3 rings (SSSR count). The molecule has 0 atom stereocenters. The topological polar surface area (TPSA) is 36.9 Å². The van der Waals surface area contributed by atoms with Gasteiger partial charge in [-0.25, -0.2) is 0 Å². The van der Waals surface area contributed by atoms with Crippen molar-refractivity contribution >= 4 is 8.60 Å². The minimum absolute atomic E-state index is 0.0606. The molecular formula is C9H12F3O4P. The van der Waals surface area contributed by atoms with Gasteiger partial charge in [0.1, 0.15) is 13.0 Å². The standard InChI is InChI=1S/C9H12F3O4P/c1-7(2-9(10,11)12)13-3-8-4-14-17(15-5-8)16-6-8/h1-6H2. The van der Waals surface area contributed by atoms with Crippen LogP contribution in [0.5, 0.6) is 0 Å². The minimum atomic E-state index is -4.30. The summed E-state index contributed by atoms with van der Waals surface area (Å²) in [6.07, 6.45) is -5.44. The highest BCUT2D eigenvalue weighted by atomic mass is 31.2. The van der Waals surface area contributed by atoms with E-state index < -0.39 is 26.6 Å². The van der Waals surface area contributed by atoms with E-state index >= 15 is 0 Å². The Hall–Kier alpha value is -0.360. The first-order valence-electron chi connectivity index (χ1n) is 4.95. The average Bonchev–Trinajstić information content (AvgIpc) is 2.27. The van der Waals surface area contributed by atoms with Gasteiger partial charge in [-0.1, -0.05) is 6.58 Å². The molecule has 4 nitrogen and oxygen atoms in total. The maximum absolute atomic E-state index is 12.0. The third-order valence-corrected chi connectivity index (χ3v) is 3.43. The lowest BCUT2D eigenvalue weighted by Gasteiger charge is -2.43. The SMILES string of the molecule is C=C(CC(F)(F)F)OCC12COP(OC1)OC2. The molecule has 3 heterocycles. The molecule has 0 N–H and O–H groups in total. The van der Waals surface area contributed by atoms with Crippen LogP contribution in [-0.2, 0) is 18.3 Å². The molecule has 0 saturated carbocycles. The number of ether oxygens (including phenoxy) is 1. The van der Waals surface area contributed by atoms with Crippen molar-refractivity contribution in [1.82, 2.24) is 0 Å². The van der Waals surface area contributed by atoms with Crippen LogP contribution in [0.3, 0.4) is 0 Å². The highest BCUT2D eigenvalue weighted by Crippen LogP contribution is 2.53. The van der Waals surface area contributed by atoms with Gasteiger partial charge in [-0.3, -0.25) is 0 Å². The fourth-order valence-corrected chi connectivity index (χ4v) is 2.82. The van der Waals surface area contributed by atoms with Crippen molar-refractivity contribution < 1.29 is 31.5 Å². The molecule has 0 spiro atoms. The van der Waals surface area contributed by atoms with Crippen molar-refractivity contribution in [3.63, 3.8) is 0 Å². The van der Waals surface area contributed by atoms with Crippen molar-refractivity contribution in [2.45, 2.75) is 12.6 Å². The van der Waals surface area contributed by atoms with Gasteiger partial charge in [0.25, 0.3) is 0 Å². The fourth-order valence-electron chi connectivity index (χ4n) is 1.46. The summed E-state index contributed by atoms with van der Waals surface area (Å²) < 4.78 is 56.8. The molecule has 2 bridgehead atoms. The molecule has 0 aromatic rings. The van der Waals surface area contributed by atoms with Crippen LogP contribution in [0.1, 0.15) is 6.42 Å². The Morgan fingerprint density at radius 1 is 1.24 bits per heavy atom. The highest BCUT2D eigenvalue weighted by molar-refractivity contribution is 7.41. The predicted octanol–water partition coefficient (Wildman–Crippen LogP) is 2.76. The quantitative estimate of drug-likeness (QED) is 0.582. The number of alkyl halides is 3. The highest BCUT2D eigenvalue weighted by Gasteiger charge is 2.45. The molecule has 3 aliphatic heterocycles. The van der Waals surface area contributed by atoms with E-state index in [2.05, 4.69) is 6.58 Å². The largest absolute Gasteiger partial charge is 0.497 e. The summed E-state index contributed by atoms with van der Waals surface area (Å²) in [5, 5.41) is 0. The first kappa shape index (κ1) is 13.1. The van der Waals surface area contributed by atoms with Crippen LogP contribution in [0.15, 0.2) is 12.3 Å². The Morgan fingerprint density at radius 2 is 1.76 bits per heavy atom. The zero-order valence-electron chi connectivity index (χ0n) is 8.96. The van der Waals surface area contributed by atoms with Crippen LogP contribution >= 0.6 is 8.60 Å². The smallest absolute Gasteiger partial charge is 0.396 e. The molecule has 0 unspecified atom stereocenters. The maximum Gasteiger partial charge on any atom is 0.396 e. The number of allylic oxidation sites excluding steroid dienone is 1. The number of rotatable bonds is 4. The van der Waals surface area contributed by atoms with Crippen LogP contribution < -0.4 is 0 Å². The molecule has 17 heavy (non-hydrogen) atoms. The molecular weight excluding hydrogens is 260 g/mol. The van der Waals surface area contributed by atoms with Gasteiger partial charge >= 0.3 is 14.8 Å². The van der Waals surface area contributed by atoms with Crippen LogP contribution in [0.2, 0.25) is 0 Å². The maximum atomic E-state index is 12.0. The van der Waals surface area contributed by atoms with Gasteiger partial charge < -0.3 is 18.3 Å². The van der Waals surface area contributed by atoms with Crippen molar-refractivity contribution in [2.24, 2.45) is 5.41 Å². The number of hydrogen-bond donors (Lipinski definition) is 0. The molecule has 0 radical (unpaired) electrons. The van der Waals surface area contributed by atoms with E-state index in [9.17, 15) is 13.2 Å². The second-order valence-electron chi connectivity index (χ2n) is 4.16. The molecule has 8 heteroatoms. The summed E-state index contributed by atoms with van der Waals surface area (Å²) >= 11 is 0. The van der Waals surface area contributed by atoms with E-state index in [-0.39, 0.29) is 12.4 Å². The van der Waals surface area contributed by atoms with Gasteiger partial charge in [0.15, 0.2) is 0 Å². The van der Waals surface area contributed by atoms with Crippen LogP contribution in [0, 0.1) is 5.41 Å². The van der Waals surface area contributed by atoms with Gasteiger partial charge in [-0.15, -0.1) is 0 Å². The van der Waals surface area contributed by atoms with E-state index in [4.69, 9.17) is 18.3 Å². The second kappa shape index (κ2) is 4.72. The van der Waals surface area contributed by atoms with E-state index in [0.717, 1.165) is 0 Å². The summed E-state index contributed by atoms with van der Waals surface area (Å²) in [6, 6.07) is 0. The Labute approximate surface area is 97.7 Å². The van der Waals surface area contributed by atoms with Crippen LogP contribution in [0.25, 0.3) is 0 Å². The Morgan fingerprint density at radius 3 is 2.24 bits per heavy atom. The van der Waals surface area contributed by atoms with Crippen molar-refractivity contribution in [2.75, 3.05) is 26.4 Å². The first-order valence-corrected chi connectivity index (χ1v) is 6.04. The average molecular weight is 272 g/mol. The summed E-state index contributed by atoms with van der Waals surface area (Å²) in [6.45, 7) is 4.46. The molecule has 3 saturated heterocycles. The monoisotopic (exact) mass is 272 g/mol. The summed E-state index contributed by atoms with van der Waals surface area (Å²) in [7, 11) is -1.24. The van der Waals surface area contributed by atoms with Gasteiger partial charge in [-0.2, -0.15) is 13.2 Å². The van der Waals surface area contributed by atoms with Gasteiger partial charge in [0.05, 0.1) is 31.0 Å². The Balaban J connectivity index is 1.79. The Bertz CT molecular complexity index is 285. The minimum Gasteiger partial charge on any atom is -0.497 e. The predicted molar refractivity (Wildman–Crippen MR) is 53.0 cm³/mol. The fraction of sp³-hybridized carbons (Fsp3) is 0.778. The number of fused-ring (bicyclic) bond motifs is 3. The zero-order chi connectivity index (χ0) is 12.5. The second-order valence-corrected chi connectivity index (χ2v) is 5.39. The molecule has 0 aromatic heterocycles. The number of hydrogen-bond acceptors (Lipinski definition) is 4. The van der Waals surface area contributed by atoms with E-state index in [0.29, 0.717) is 19.8 Å². The molecule has 0 aromatic carbocycles. The molecule has 0 amide bonds. The van der Waals surface area contributed by atoms with Crippen LogP contribution in [0.4, 0.5) is 13.2 Å². The van der Waals surface area contributed by atoms with E-state index in [1.54, 1.807) is 0 Å². The van der Waals surface area contributed by atoms with E-state index in [1.807, 2.05) is 0 Å². The lowest BCUT2D eigenvalue weighted by Crippen LogP contribution is -2.46. The molecule has 3 fully saturated rings. The molecule has 0 aliphatic carbocycles. The van der Waals surface area contributed by atoms with Gasteiger partial charge in [0, 0.05) is 0 Å². The first-order chi connectivity index (χ1) is 7.89. The lowest BCUT2D eigenvalue weighted by atomic mass is 9.92. The van der Waals surface area contributed by atoms with Crippen LogP contribution in [-0.4, -0.2) is 32.6 Å². The third kappa shape index (κ3) is 3.55.